The molecule has 98 valence electrons. The van der Waals surface area contributed by atoms with Gasteiger partial charge in [-0.3, -0.25) is 0 Å². The van der Waals surface area contributed by atoms with Crippen molar-refractivity contribution in [1.82, 2.24) is 5.32 Å². The fourth-order valence-corrected chi connectivity index (χ4v) is 2.22. The normalized spacial score (nSPS) is 25.5. The summed E-state index contributed by atoms with van der Waals surface area (Å²) in [6.07, 6.45) is 9.19. The van der Waals surface area contributed by atoms with Crippen molar-refractivity contribution >= 4 is 0 Å². The molecule has 0 aromatic heterocycles. The zero-order valence-corrected chi connectivity index (χ0v) is 11.5. The van der Waals surface area contributed by atoms with Crippen molar-refractivity contribution < 1.29 is 5.11 Å². The smallest absolute Gasteiger partial charge is 0.0430 e. The molecule has 2 heteroatoms. The van der Waals surface area contributed by atoms with Crippen molar-refractivity contribution in [3.05, 3.63) is 0 Å². The van der Waals surface area contributed by atoms with E-state index in [9.17, 15) is 0 Å². The molecule has 2 atom stereocenters. The van der Waals surface area contributed by atoms with Crippen LogP contribution in [0.3, 0.4) is 0 Å². The lowest BCUT2D eigenvalue weighted by molar-refractivity contribution is 0.287. The molecule has 1 saturated carbocycles. The first-order valence-corrected chi connectivity index (χ1v) is 7.10. The predicted octanol–water partition coefficient (Wildman–Crippen LogP) is 3.34. The zero-order chi connectivity index (χ0) is 12.2. The van der Waals surface area contributed by atoms with Gasteiger partial charge in [-0.25, -0.2) is 0 Å². The second-order valence-corrected chi connectivity index (χ2v) is 4.86. The molecule has 0 heterocycles. The maximum Gasteiger partial charge on any atom is 0.0430 e. The van der Waals surface area contributed by atoms with Gasteiger partial charge in [0.15, 0.2) is 0 Å². The minimum absolute atomic E-state index is 0.344. The molecule has 1 aliphatic carbocycles. The van der Waals surface area contributed by atoms with Gasteiger partial charge in [-0.1, -0.05) is 46.5 Å². The summed E-state index contributed by atoms with van der Waals surface area (Å²) in [6.45, 7) is 8.12. The molecule has 0 bridgehead atoms. The third-order valence-electron chi connectivity index (χ3n) is 3.34. The molecule has 0 radical (unpaired) electrons. The monoisotopic (exact) mass is 229 g/mol. The van der Waals surface area contributed by atoms with Gasteiger partial charge in [0, 0.05) is 12.6 Å². The first-order valence-electron chi connectivity index (χ1n) is 7.10. The largest absolute Gasteiger partial charge is 0.396 e. The molecular formula is C14H31NO. The zero-order valence-electron chi connectivity index (χ0n) is 11.5. The Labute approximate surface area is 102 Å². The van der Waals surface area contributed by atoms with Crippen molar-refractivity contribution in [2.75, 3.05) is 13.2 Å². The number of rotatable bonds is 4. The van der Waals surface area contributed by atoms with Crippen LogP contribution in [0.1, 0.15) is 65.7 Å². The summed E-state index contributed by atoms with van der Waals surface area (Å²) in [5, 5.41) is 11.6. The molecular weight excluding hydrogens is 198 g/mol. The molecule has 0 aromatic carbocycles. The topological polar surface area (TPSA) is 32.3 Å². The average Bonchev–Trinajstić information content (AvgIpc) is 2.47. The molecule has 2 nitrogen and oxygen atoms in total. The van der Waals surface area contributed by atoms with Crippen molar-refractivity contribution in [2.45, 2.75) is 71.8 Å². The van der Waals surface area contributed by atoms with Gasteiger partial charge in [-0.2, -0.15) is 0 Å². The standard InChI is InChI=1S/C10H21N.C4H10O/c1-3-11-10-8-6-4-5-7-9(10)2;1-2-3-4-5/h9-11H,3-8H2,1-2H3;5H,2-4H2,1H3. The van der Waals surface area contributed by atoms with Crippen LogP contribution in [0.4, 0.5) is 0 Å². The highest BCUT2D eigenvalue weighted by molar-refractivity contribution is 4.75. The van der Waals surface area contributed by atoms with Crippen LogP contribution in [0.5, 0.6) is 0 Å². The minimum Gasteiger partial charge on any atom is -0.396 e. The molecule has 1 fully saturated rings. The summed E-state index contributed by atoms with van der Waals surface area (Å²) in [7, 11) is 0. The first kappa shape index (κ1) is 15.9. The molecule has 2 N–H and O–H groups in total. The van der Waals surface area contributed by atoms with Crippen LogP contribution in [0, 0.1) is 5.92 Å². The molecule has 0 amide bonds. The second-order valence-electron chi connectivity index (χ2n) is 4.86. The number of unbranched alkanes of at least 4 members (excludes halogenated alkanes) is 1. The first-order chi connectivity index (χ1) is 7.76. The maximum absolute atomic E-state index is 8.07. The van der Waals surface area contributed by atoms with E-state index in [2.05, 4.69) is 26.1 Å². The van der Waals surface area contributed by atoms with Gasteiger partial charge >= 0.3 is 0 Å². The summed E-state index contributed by atoms with van der Waals surface area (Å²) in [4.78, 5) is 0. The Morgan fingerprint density at radius 1 is 1.12 bits per heavy atom. The summed E-state index contributed by atoms with van der Waals surface area (Å²) >= 11 is 0. The van der Waals surface area contributed by atoms with Gasteiger partial charge in [0.1, 0.15) is 0 Å². The van der Waals surface area contributed by atoms with E-state index in [-0.39, 0.29) is 0 Å². The summed E-state index contributed by atoms with van der Waals surface area (Å²) in [6, 6.07) is 0.808. The van der Waals surface area contributed by atoms with Crippen LogP contribution in [0.15, 0.2) is 0 Å². The fourth-order valence-electron chi connectivity index (χ4n) is 2.22. The van der Waals surface area contributed by atoms with E-state index in [0.29, 0.717) is 6.61 Å². The Morgan fingerprint density at radius 3 is 2.31 bits per heavy atom. The molecule has 1 aliphatic rings. The lowest BCUT2D eigenvalue weighted by Gasteiger charge is -2.21. The van der Waals surface area contributed by atoms with Gasteiger partial charge in [-0.15, -0.1) is 0 Å². The van der Waals surface area contributed by atoms with Gasteiger partial charge in [-0.05, 0) is 31.7 Å². The summed E-state index contributed by atoms with van der Waals surface area (Å²) in [5.41, 5.74) is 0. The molecule has 0 aliphatic heterocycles. The van der Waals surface area contributed by atoms with Crippen LogP contribution in [-0.2, 0) is 0 Å². The van der Waals surface area contributed by atoms with E-state index in [0.717, 1.165) is 31.3 Å². The lowest BCUT2D eigenvalue weighted by atomic mass is 9.97. The average molecular weight is 229 g/mol. The van der Waals surface area contributed by atoms with Gasteiger partial charge in [0.05, 0.1) is 0 Å². The Morgan fingerprint density at radius 2 is 1.81 bits per heavy atom. The highest BCUT2D eigenvalue weighted by Crippen LogP contribution is 2.22. The Balaban J connectivity index is 0.000000385. The van der Waals surface area contributed by atoms with Crippen molar-refractivity contribution in [2.24, 2.45) is 5.92 Å². The second kappa shape index (κ2) is 11.4. The maximum atomic E-state index is 8.07. The summed E-state index contributed by atoms with van der Waals surface area (Å²) in [5.74, 6) is 0.900. The van der Waals surface area contributed by atoms with Crippen LogP contribution in [0.2, 0.25) is 0 Å². The summed E-state index contributed by atoms with van der Waals surface area (Å²) < 4.78 is 0. The van der Waals surface area contributed by atoms with Crippen molar-refractivity contribution in [3.8, 4) is 0 Å². The molecule has 0 spiro atoms. The third-order valence-corrected chi connectivity index (χ3v) is 3.34. The molecule has 0 saturated heterocycles. The van der Waals surface area contributed by atoms with Gasteiger partial charge in [0.2, 0.25) is 0 Å². The number of nitrogens with one attached hydrogen (secondary N) is 1. The number of hydrogen-bond donors (Lipinski definition) is 2. The van der Waals surface area contributed by atoms with Crippen LogP contribution in [0.25, 0.3) is 0 Å². The van der Waals surface area contributed by atoms with Gasteiger partial charge in [0.25, 0.3) is 0 Å². The predicted molar refractivity (Wildman–Crippen MR) is 71.7 cm³/mol. The van der Waals surface area contributed by atoms with E-state index < -0.39 is 0 Å². The fraction of sp³-hybridized carbons (Fsp3) is 1.00. The van der Waals surface area contributed by atoms with E-state index in [1.54, 1.807) is 0 Å². The van der Waals surface area contributed by atoms with E-state index in [1.807, 2.05) is 0 Å². The van der Waals surface area contributed by atoms with Crippen LogP contribution in [-0.4, -0.2) is 24.3 Å². The SMILES string of the molecule is CCCCO.CCNC1CCCCCC1C. The molecule has 0 aromatic rings. The number of aliphatic hydroxyl groups is 1. The Hall–Kier alpha value is -0.0800. The highest BCUT2D eigenvalue weighted by atomic mass is 16.2. The van der Waals surface area contributed by atoms with E-state index >= 15 is 0 Å². The minimum atomic E-state index is 0.344. The van der Waals surface area contributed by atoms with Crippen LogP contribution >= 0.6 is 0 Å². The van der Waals surface area contributed by atoms with Gasteiger partial charge < -0.3 is 10.4 Å². The highest BCUT2D eigenvalue weighted by Gasteiger charge is 2.17. The van der Waals surface area contributed by atoms with E-state index in [1.165, 1.54) is 32.1 Å². The molecule has 2 unspecified atom stereocenters. The Bertz CT molecular complexity index is 137. The molecule has 1 rings (SSSR count). The number of hydrogen-bond acceptors (Lipinski definition) is 2. The Kier molecular flexibility index (Phi) is 11.3. The van der Waals surface area contributed by atoms with Crippen LogP contribution < -0.4 is 5.32 Å². The van der Waals surface area contributed by atoms with Crippen molar-refractivity contribution in [1.29, 1.82) is 0 Å². The molecule has 16 heavy (non-hydrogen) atoms. The number of aliphatic hydroxyl groups excluding tert-OH is 1. The lowest BCUT2D eigenvalue weighted by Crippen LogP contribution is -2.33. The van der Waals surface area contributed by atoms with E-state index in [4.69, 9.17) is 5.11 Å². The third kappa shape index (κ3) is 8.12. The quantitative estimate of drug-likeness (QED) is 0.725. The van der Waals surface area contributed by atoms with Crippen molar-refractivity contribution in [3.63, 3.8) is 0 Å².